The first-order valence-electron chi connectivity index (χ1n) is 9.02. The molecule has 0 spiro atoms. The van der Waals surface area contributed by atoms with E-state index in [1.54, 1.807) is 0 Å². The molecule has 130 valence electrons. The summed E-state index contributed by atoms with van der Waals surface area (Å²) in [5.74, 6) is 1.59. The van der Waals surface area contributed by atoms with Crippen LogP contribution in [0.5, 0.6) is 0 Å². The van der Waals surface area contributed by atoms with Crippen LogP contribution in [0.4, 0.5) is 5.82 Å². The third kappa shape index (κ3) is 4.81. The summed E-state index contributed by atoms with van der Waals surface area (Å²) in [6.07, 6.45) is 10.2. The fourth-order valence-corrected chi connectivity index (χ4v) is 3.36. The fraction of sp³-hybridized carbons (Fsp3) is 0.579. The first-order chi connectivity index (χ1) is 11.7. The summed E-state index contributed by atoms with van der Waals surface area (Å²) in [5.41, 5.74) is 1.06. The second-order valence-corrected chi connectivity index (χ2v) is 6.91. The van der Waals surface area contributed by atoms with Crippen molar-refractivity contribution in [3.8, 4) is 0 Å². The lowest BCUT2D eigenvalue weighted by Crippen LogP contribution is -2.29. The molecular formula is C19H28N4O. The van der Waals surface area contributed by atoms with Gasteiger partial charge in [-0.15, -0.1) is 0 Å². The Morgan fingerprint density at radius 1 is 1.29 bits per heavy atom. The van der Waals surface area contributed by atoms with E-state index in [2.05, 4.69) is 51.4 Å². The smallest absolute Gasteiger partial charge is 0.220 e. The molecule has 1 amide bonds. The molecule has 0 bridgehead atoms. The van der Waals surface area contributed by atoms with Gasteiger partial charge in [0.25, 0.3) is 0 Å². The van der Waals surface area contributed by atoms with Crippen molar-refractivity contribution in [2.75, 3.05) is 38.1 Å². The topological polar surface area (TPSA) is 48.5 Å². The number of nitrogens with one attached hydrogen (secondary N) is 1. The zero-order chi connectivity index (χ0) is 16.8. The average molecular weight is 328 g/mol. The maximum absolute atomic E-state index is 12.0. The summed E-state index contributed by atoms with van der Waals surface area (Å²) in [5, 5.41) is 3.01. The average Bonchev–Trinajstić information content (AvgIpc) is 3.00. The van der Waals surface area contributed by atoms with Crippen molar-refractivity contribution in [2.24, 2.45) is 5.92 Å². The quantitative estimate of drug-likeness (QED) is 0.842. The molecule has 1 N–H and O–H groups in total. The van der Waals surface area contributed by atoms with E-state index in [1.807, 2.05) is 6.20 Å². The van der Waals surface area contributed by atoms with Gasteiger partial charge in [-0.05, 0) is 50.4 Å². The highest BCUT2D eigenvalue weighted by Gasteiger charge is 2.15. The number of carbonyl (C=O) groups excluding carboxylic acids is 1. The first-order valence-corrected chi connectivity index (χ1v) is 9.02. The standard InChI is InChI=1S/C19H28N4O/c1-22-9-4-10-23(12-11-22)18-8-7-17(14-20-18)15-21-19(24)13-16-5-2-3-6-16/h2,5,7-8,14,16H,3-4,6,9-13,15H2,1H3,(H,21,24). The predicted molar refractivity (Wildman–Crippen MR) is 96.9 cm³/mol. The number of likely N-dealkylation sites (N-methyl/N-ethyl adjacent to an activating group) is 1. The number of allylic oxidation sites excluding steroid dienone is 2. The van der Waals surface area contributed by atoms with Gasteiger partial charge in [0.1, 0.15) is 5.82 Å². The van der Waals surface area contributed by atoms with E-state index in [9.17, 15) is 4.79 Å². The highest BCUT2D eigenvalue weighted by Crippen LogP contribution is 2.20. The van der Waals surface area contributed by atoms with E-state index in [0.717, 1.165) is 50.4 Å². The summed E-state index contributed by atoms with van der Waals surface area (Å²) in [4.78, 5) is 21.3. The summed E-state index contributed by atoms with van der Waals surface area (Å²) >= 11 is 0. The monoisotopic (exact) mass is 328 g/mol. The van der Waals surface area contributed by atoms with E-state index in [0.29, 0.717) is 18.9 Å². The molecule has 1 aliphatic heterocycles. The third-order valence-electron chi connectivity index (χ3n) is 4.90. The van der Waals surface area contributed by atoms with Crippen LogP contribution in [-0.2, 0) is 11.3 Å². The highest BCUT2D eigenvalue weighted by molar-refractivity contribution is 5.76. The van der Waals surface area contributed by atoms with Gasteiger partial charge in [-0.1, -0.05) is 18.2 Å². The van der Waals surface area contributed by atoms with Crippen molar-refractivity contribution < 1.29 is 4.79 Å². The van der Waals surface area contributed by atoms with Gasteiger partial charge in [-0.25, -0.2) is 4.98 Å². The molecule has 1 aromatic heterocycles. The van der Waals surface area contributed by atoms with Crippen LogP contribution >= 0.6 is 0 Å². The van der Waals surface area contributed by atoms with Gasteiger partial charge in [0, 0.05) is 38.8 Å². The molecular weight excluding hydrogens is 300 g/mol. The minimum Gasteiger partial charge on any atom is -0.355 e. The van der Waals surface area contributed by atoms with Crippen molar-refractivity contribution in [1.82, 2.24) is 15.2 Å². The van der Waals surface area contributed by atoms with Crippen LogP contribution in [-0.4, -0.2) is 49.0 Å². The normalized spacial score (nSPS) is 21.7. The van der Waals surface area contributed by atoms with Crippen LogP contribution in [0.3, 0.4) is 0 Å². The van der Waals surface area contributed by atoms with Crippen LogP contribution in [0.15, 0.2) is 30.5 Å². The van der Waals surface area contributed by atoms with Crippen molar-refractivity contribution in [1.29, 1.82) is 0 Å². The molecule has 0 saturated carbocycles. The van der Waals surface area contributed by atoms with E-state index < -0.39 is 0 Å². The molecule has 0 radical (unpaired) electrons. The van der Waals surface area contributed by atoms with E-state index in [-0.39, 0.29) is 5.91 Å². The van der Waals surface area contributed by atoms with Gasteiger partial charge >= 0.3 is 0 Å². The molecule has 0 aromatic carbocycles. The second kappa shape index (κ2) is 8.29. The zero-order valence-corrected chi connectivity index (χ0v) is 14.6. The number of rotatable bonds is 5. The van der Waals surface area contributed by atoms with Gasteiger partial charge in [0.15, 0.2) is 0 Å². The SMILES string of the molecule is CN1CCCN(c2ccc(CNC(=O)CC3C=CCC3)cn2)CC1. The molecule has 24 heavy (non-hydrogen) atoms. The molecule has 2 aliphatic rings. The molecule has 1 aliphatic carbocycles. The van der Waals surface area contributed by atoms with Gasteiger partial charge in [-0.2, -0.15) is 0 Å². The largest absolute Gasteiger partial charge is 0.355 e. The number of hydrogen-bond acceptors (Lipinski definition) is 4. The Balaban J connectivity index is 1.47. The predicted octanol–water partition coefficient (Wildman–Crippen LogP) is 2.20. The molecule has 1 unspecified atom stereocenters. The van der Waals surface area contributed by atoms with Crippen molar-refractivity contribution in [3.63, 3.8) is 0 Å². The summed E-state index contributed by atoms with van der Waals surface area (Å²) in [7, 11) is 2.17. The number of anilines is 1. The molecule has 1 atom stereocenters. The van der Waals surface area contributed by atoms with Gasteiger partial charge in [-0.3, -0.25) is 4.79 Å². The number of pyridine rings is 1. The number of carbonyl (C=O) groups is 1. The number of amides is 1. The molecule has 2 heterocycles. The number of nitrogens with zero attached hydrogens (tertiary/aromatic N) is 3. The van der Waals surface area contributed by atoms with Gasteiger partial charge in [0.05, 0.1) is 0 Å². The lowest BCUT2D eigenvalue weighted by Gasteiger charge is -2.21. The summed E-state index contributed by atoms with van der Waals surface area (Å²) < 4.78 is 0. The molecule has 1 fully saturated rings. The summed E-state index contributed by atoms with van der Waals surface area (Å²) in [6, 6.07) is 4.15. The Hall–Kier alpha value is -1.88. The zero-order valence-electron chi connectivity index (χ0n) is 14.6. The van der Waals surface area contributed by atoms with E-state index in [1.165, 1.54) is 6.42 Å². The maximum Gasteiger partial charge on any atom is 0.220 e. The molecule has 3 rings (SSSR count). The van der Waals surface area contributed by atoms with E-state index in [4.69, 9.17) is 0 Å². The van der Waals surface area contributed by atoms with E-state index >= 15 is 0 Å². The number of aromatic nitrogens is 1. The highest BCUT2D eigenvalue weighted by atomic mass is 16.1. The van der Waals surface area contributed by atoms with Crippen LogP contribution in [0.2, 0.25) is 0 Å². The minimum atomic E-state index is 0.131. The Bertz CT molecular complexity index is 569. The lowest BCUT2D eigenvalue weighted by atomic mass is 10.1. The minimum absolute atomic E-state index is 0.131. The van der Waals surface area contributed by atoms with Crippen molar-refractivity contribution in [3.05, 3.63) is 36.0 Å². The summed E-state index contributed by atoms with van der Waals surface area (Å²) in [6.45, 7) is 4.87. The third-order valence-corrected chi connectivity index (χ3v) is 4.90. The molecule has 5 heteroatoms. The second-order valence-electron chi connectivity index (χ2n) is 6.91. The molecule has 5 nitrogen and oxygen atoms in total. The Morgan fingerprint density at radius 2 is 2.21 bits per heavy atom. The van der Waals surface area contributed by atoms with Gasteiger partial charge in [0.2, 0.25) is 5.91 Å². The van der Waals surface area contributed by atoms with Crippen LogP contribution in [0, 0.1) is 5.92 Å². The van der Waals surface area contributed by atoms with Crippen LogP contribution in [0.1, 0.15) is 31.2 Å². The Morgan fingerprint density at radius 3 is 2.96 bits per heavy atom. The van der Waals surface area contributed by atoms with Gasteiger partial charge < -0.3 is 15.1 Å². The lowest BCUT2D eigenvalue weighted by molar-refractivity contribution is -0.121. The van der Waals surface area contributed by atoms with Crippen LogP contribution < -0.4 is 10.2 Å². The maximum atomic E-state index is 12.0. The fourth-order valence-electron chi connectivity index (χ4n) is 3.36. The van der Waals surface area contributed by atoms with Crippen molar-refractivity contribution in [2.45, 2.75) is 32.2 Å². The first kappa shape index (κ1) is 17.0. The van der Waals surface area contributed by atoms with Crippen molar-refractivity contribution >= 4 is 11.7 Å². The Kier molecular flexibility index (Phi) is 5.86. The molecule has 1 aromatic rings. The number of hydrogen-bond donors (Lipinski definition) is 1. The Labute approximate surface area is 144 Å². The van der Waals surface area contributed by atoms with Crippen LogP contribution in [0.25, 0.3) is 0 Å². The molecule has 1 saturated heterocycles.